The summed E-state index contributed by atoms with van der Waals surface area (Å²) in [5.74, 6) is 1.25. The van der Waals surface area contributed by atoms with Crippen molar-refractivity contribution in [3.63, 3.8) is 0 Å². The standard InChI is InChI=1S/C27H27NO2/c29-26(20-21-10-12-23(13-11-21)22-6-2-1-3-7-22)28-18-16-27(17-19-28)15-14-24-8-4-5-9-25(24)30-27/h1-13H,14-20H2. The summed E-state index contributed by atoms with van der Waals surface area (Å²) in [5, 5.41) is 0. The second kappa shape index (κ2) is 7.98. The van der Waals surface area contributed by atoms with E-state index in [1.807, 2.05) is 29.2 Å². The molecule has 0 unspecified atom stereocenters. The van der Waals surface area contributed by atoms with Crippen molar-refractivity contribution < 1.29 is 9.53 Å². The van der Waals surface area contributed by atoms with Gasteiger partial charge in [-0.3, -0.25) is 4.79 Å². The molecule has 3 heteroatoms. The fourth-order valence-corrected chi connectivity index (χ4v) is 4.70. The van der Waals surface area contributed by atoms with Crippen molar-refractivity contribution in [3.8, 4) is 16.9 Å². The molecule has 0 N–H and O–H groups in total. The first-order valence-corrected chi connectivity index (χ1v) is 10.9. The van der Waals surface area contributed by atoms with Crippen molar-refractivity contribution >= 4 is 5.91 Å². The first kappa shape index (κ1) is 18.9. The van der Waals surface area contributed by atoms with Crippen LogP contribution in [0.25, 0.3) is 11.1 Å². The summed E-state index contributed by atoms with van der Waals surface area (Å²) in [7, 11) is 0. The highest BCUT2D eigenvalue weighted by atomic mass is 16.5. The maximum Gasteiger partial charge on any atom is 0.226 e. The molecule has 3 aromatic carbocycles. The molecule has 5 rings (SSSR count). The van der Waals surface area contributed by atoms with E-state index in [4.69, 9.17) is 4.74 Å². The Kier molecular flexibility index (Phi) is 5.04. The molecule has 30 heavy (non-hydrogen) atoms. The van der Waals surface area contributed by atoms with E-state index in [1.165, 1.54) is 16.7 Å². The number of carbonyl (C=O) groups is 1. The lowest BCUT2D eigenvalue weighted by Crippen LogP contribution is -2.51. The molecular weight excluding hydrogens is 370 g/mol. The highest BCUT2D eigenvalue weighted by molar-refractivity contribution is 5.79. The zero-order valence-electron chi connectivity index (χ0n) is 17.2. The van der Waals surface area contributed by atoms with E-state index < -0.39 is 0 Å². The van der Waals surface area contributed by atoms with Crippen LogP contribution in [0.5, 0.6) is 5.75 Å². The number of aryl methyl sites for hydroxylation is 1. The number of rotatable bonds is 3. The fraction of sp³-hybridized carbons (Fsp3) is 0.296. The number of piperidine rings is 1. The van der Waals surface area contributed by atoms with E-state index in [0.29, 0.717) is 6.42 Å². The molecule has 1 fully saturated rings. The topological polar surface area (TPSA) is 29.5 Å². The quantitative estimate of drug-likeness (QED) is 0.602. The summed E-state index contributed by atoms with van der Waals surface area (Å²) < 4.78 is 6.42. The van der Waals surface area contributed by atoms with E-state index in [0.717, 1.165) is 50.1 Å². The van der Waals surface area contributed by atoms with Gasteiger partial charge in [-0.2, -0.15) is 0 Å². The van der Waals surface area contributed by atoms with E-state index in [2.05, 4.69) is 54.6 Å². The number of hydrogen-bond acceptors (Lipinski definition) is 2. The minimum absolute atomic E-state index is 0.0948. The summed E-state index contributed by atoms with van der Waals surface area (Å²) in [5.41, 5.74) is 4.67. The second-order valence-corrected chi connectivity index (χ2v) is 8.51. The predicted octanol–water partition coefficient (Wildman–Crippen LogP) is 5.28. The molecule has 0 radical (unpaired) electrons. The Morgan fingerprint density at radius 3 is 2.23 bits per heavy atom. The van der Waals surface area contributed by atoms with Gasteiger partial charge in [0, 0.05) is 25.9 Å². The molecule has 1 amide bonds. The van der Waals surface area contributed by atoms with Crippen molar-refractivity contribution in [2.45, 2.75) is 37.7 Å². The zero-order valence-corrected chi connectivity index (χ0v) is 17.2. The Balaban J connectivity index is 1.19. The maximum absolute atomic E-state index is 12.9. The number of para-hydroxylation sites is 1. The zero-order chi connectivity index (χ0) is 20.4. The average Bonchev–Trinajstić information content (AvgIpc) is 2.80. The number of nitrogens with zero attached hydrogens (tertiary/aromatic N) is 1. The molecule has 0 saturated carbocycles. The number of ether oxygens (including phenoxy) is 1. The Hall–Kier alpha value is -3.07. The number of benzene rings is 3. The number of hydrogen-bond donors (Lipinski definition) is 0. The Bertz CT molecular complexity index is 1020. The maximum atomic E-state index is 12.9. The van der Waals surface area contributed by atoms with Gasteiger partial charge < -0.3 is 9.64 Å². The predicted molar refractivity (Wildman–Crippen MR) is 120 cm³/mol. The first-order valence-electron chi connectivity index (χ1n) is 10.9. The van der Waals surface area contributed by atoms with Crippen LogP contribution in [0.4, 0.5) is 0 Å². The lowest BCUT2D eigenvalue weighted by atomic mass is 9.83. The molecule has 2 aliphatic heterocycles. The van der Waals surface area contributed by atoms with Gasteiger partial charge in [-0.05, 0) is 41.2 Å². The number of fused-ring (bicyclic) bond motifs is 1. The summed E-state index contributed by atoms with van der Waals surface area (Å²) in [6.07, 6.45) is 4.41. The summed E-state index contributed by atoms with van der Waals surface area (Å²) in [6, 6.07) is 27.0. The molecule has 1 saturated heterocycles. The lowest BCUT2D eigenvalue weighted by molar-refractivity contribution is -0.134. The van der Waals surface area contributed by atoms with Gasteiger partial charge in [0.2, 0.25) is 5.91 Å². The van der Waals surface area contributed by atoms with Crippen LogP contribution in [-0.4, -0.2) is 29.5 Å². The number of likely N-dealkylation sites (tertiary alicyclic amines) is 1. The molecule has 2 aliphatic rings. The Morgan fingerprint density at radius 1 is 0.800 bits per heavy atom. The van der Waals surface area contributed by atoms with Crippen LogP contribution in [0.3, 0.4) is 0 Å². The van der Waals surface area contributed by atoms with Crippen molar-refractivity contribution in [3.05, 3.63) is 90.0 Å². The van der Waals surface area contributed by atoms with Crippen LogP contribution < -0.4 is 4.74 Å². The molecule has 0 bridgehead atoms. The molecule has 2 heterocycles. The van der Waals surface area contributed by atoms with Gasteiger partial charge >= 0.3 is 0 Å². The monoisotopic (exact) mass is 397 g/mol. The SMILES string of the molecule is O=C(Cc1ccc(-c2ccccc2)cc1)N1CCC2(CCc3ccccc3O2)CC1. The minimum Gasteiger partial charge on any atom is -0.487 e. The van der Waals surface area contributed by atoms with Gasteiger partial charge in [-0.25, -0.2) is 0 Å². The van der Waals surface area contributed by atoms with Gasteiger partial charge in [0.25, 0.3) is 0 Å². The van der Waals surface area contributed by atoms with Gasteiger partial charge in [0.05, 0.1) is 6.42 Å². The van der Waals surface area contributed by atoms with E-state index in [1.54, 1.807) is 0 Å². The molecule has 0 atom stereocenters. The van der Waals surface area contributed by atoms with Crippen LogP contribution in [0.2, 0.25) is 0 Å². The van der Waals surface area contributed by atoms with Gasteiger partial charge in [-0.1, -0.05) is 72.8 Å². The summed E-state index contributed by atoms with van der Waals surface area (Å²) in [4.78, 5) is 14.9. The van der Waals surface area contributed by atoms with Gasteiger partial charge in [-0.15, -0.1) is 0 Å². The average molecular weight is 398 g/mol. The third-order valence-electron chi connectivity index (χ3n) is 6.59. The largest absolute Gasteiger partial charge is 0.487 e. The fourth-order valence-electron chi connectivity index (χ4n) is 4.70. The highest BCUT2D eigenvalue weighted by Gasteiger charge is 2.40. The van der Waals surface area contributed by atoms with Crippen LogP contribution in [0, 0.1) is 0 Å². The highest BCUT2D eigenvalue weighted by Crippen LogP contribution is 2.39. The van der Waals surface area contributed by atoms with Crippen molar-refractivity contribution in [2.75, 3.05) is 13.1 Å². The molecule has 0 aromatic heterocycles. The van der Waals surface area contributed by atoms with Gasteiger partial charge in [0.15, 0.2) is 0 Å². The van der Waals surface area contributed by atoms with Crippen LogP contribution in [0.1, 0.15) is 30.4 Å². The van der Waals surface area contributed by atoms with E-state index >= 15 is 0 Å². The molecule has 3 aromatic rings. The third-order valence-corrected chi connectivity index (χ3v) is 6.59. The van der Waals surface area contributed by atoms with Crippen LogP contribution in [0.15, 0.2) is 78.9 Å². The van der Waals surface area contributed by atoms with Crippen LogP contribution >= 0.6 is 0 Å². The van der Waals surface area contributed by atoms with Crippen molar-refractivity contribution in [2.24, 2.45) is 0 Å². The van der Waals surface area contributed by atoms with Crippen molar-refractivity contribution in [1.82, 2.24) is 4.90 Å². The molecular formula is C27H27NO2. The third kappa shape index (κ3) is 3.85. The number of carbonyl (C=O) groups excluding carboxylic acids is 1. The van der Waals surface area contributed by atoms with Crippen LogP contribution in [-0.2, 0) is 17.6 Å². The number of amides is 1. The second-order valence-electron chi connectivity index (χ2n) is 8.51. The van der Waals surface area contributed by atoms with Gasteiger partial charge in [0.1, 0.15) is 11.4 Å². The Labute approximate surface area is 178 Å². The molecule has 152 valence electrons. The van der Waals surface area contributed by atoms with Crippen molar-refractivity contribution in [1.29, 1.82) is 0 Å². The lowest BCUT2D eigenvalue weighted by Gasteiger charge is -2.44. The first-order chi connectivity index (χ1) is 14.7. The normalized spacial score (nSPS) is 17.3. The smallest absolute Gasteiger partial charge is 0.226 e. The summed E-state index contributed by atoms with van der Waals surface area (Å²) in [6.45, 7) is 1.56. The Morgan fingerprint density at radius 2 is 1.47 bits per heavy atom. The van der Waals surface area contributed by atoms with E-state index in [9.17, 15) is 4.79 Å². The van der Waals surface area contributed by atoms with E-state index in [-0.39, 0.29) is 11.5 Å². The molecule has 3 nitrogen and oxygen atoms in total. The minimum atomic E-state index is -0.0948. The molecule has 1 spiro atoms. The summed E-state index contributed by atoms with van der Waals surface area (Å²) >= 11 is 0. The molecule has 0 aliphatic carbocycles.